The van der Waals surface area contributed by atoms with Gasteiger partial charge >= 0.3 is 0 Å². The normalized spacial score (nSPS) is 10.3. The third-order valence-electron chi connectivity index (χ3n) is 4.32. The maximum absolute atomic E-state index is 12.7. The van der Waals surface area contributed by atoms with Crippen molar-refractivity contribution in [3.05, 3.63) is 95.1 Å². The Morgan fingerprint density at radius 1 is 0.815 bits per heavy atom. The highest BCUT2D eigenvalue weighted by atomic mass is 16.2. The number of para-hydroxylation sites is 1. The number of carbonyl (C=O) groups excluding carboxylic acids is 2. The monoisotopic (exact) mass is 358 g/mol. The van der Waals surface area contributed by atoms with Crippen LogP contribution in [-0.2, 0) is 6.42 Å². The molecular weight excluding hydrogens is 336 g/mol. The number of amides is 2. The summed E-state index contributed by atoms with van der Waals surface area (Å²) >= 11 is 0. The molecule has 3 aromatic carbocycles. The summed E-state index contributed by atoms with van der Waals surface area (Å²) in [7, 11) is 0. The van der Waals surface area contributed by atoms with Gasteiger partial charge in [-0.2, -0.15) is 0 Å². The van der Waals surface area contributed by atoms with Crippen molar-refractivity contribution in [3.63, 3.8) is 0 Å². The standard InChI is InChI=1S/C23H22N2O2/c1-3-17-11-13-18(14-12-17)22(26)25-21-10-5-4-9-20(21)23(27)24-19-8-6-7-16(2)15-19/h4-15H,3H2,1-2H3,(H,24,27)(H,25,26). The molecule has 27 heavy (non-hydrogen) atoms. The molecule has 0 aliphatic heterocycles. The maximum Gasteiger partial charge on any atom is 0.257 e. The number of aryl methyl sites for hydroxylation is 2. The molecule has 0 aliphatic rings. The minimum Gasteiger partial charge on any atom is -0.322 e. The van der Waals surface area contributed by atoms with Crippen molar-refractivity contribution >= 4 is 23.2 Å². The minimum atomic E-state index is -0.266. The molecule has 4 nitrogen and oxygen atoms in total. The molecule has 0 fully saturated rings. The van der Waals surface area contributed by atoms with Crippen LogP contribution in [0.2, 0.25) is 0 Å². The number of rotatable bonds is 5. The average molecular weight is 358 g/mol. The summed E-state index contributed by atoms with van der Waals surface area (Å²) in [5, 5.41) is 5.72. The average Bonchev–Trinajstić information content (AvgIpc) is 2.68. The highest BCUT2D eigenvalue weighted by Crippen LogP contribution is 2.19. The molecule has 0 atom stereocenters. The number of nitrogens with one attached hydrogen (secondary N) is 2. The molecule has 0 aromatic heterocycles. The summed E-state index contributed by atoms with van der Waals surface area (Å²) in [6, 6.07) is 22.0. The first kappa shape index (κ1) is 18.4. The second-order valence-corrected chi connectivity index (χ2v) is 6.37. The molecule has 0 unspecified atom stereocenters. The van der Waals surface area contributed by atoms with E-state index in [2.05, 4.69) is 17.6 Å². The number of carbonyl (C=O) groups is 2. The Labute approximate surface area is 159 Å². The van der Waals surface area contributed by atoms with Crippen LogP contribution in [-0.4, -0.2) is 11.8 Å². The molecule has 0 spiro atoms. The van der Waals surface area contributed by atoms with Crippen LogP contribution >= 0.6 is 0 Å². The zero-order valence-electron chi connectivity index (χ0n) is 15.5. The highest BCUT2D eigenvalue weighted by molar-refractivity contribution is 6.12. The van der Waals surface area contributed by atoms with Gasteiger partial charge in [0.2, 0.25) is 0 Å². The molecule has 3 rings (SSSR count). The summed E-state index contributed by atoms with van der Waals surface area (Å²) in [4.78, 5) is 25.2. The molecule has 136 valence electrons. The van der Waals surface area contributed by atoms with Crippen LogP contribution in [0.4, 0.5) is 11.4 Å². The van der Waals surface area contributed by atoms with Gasteiger partial charge in [0, 0.05) is 11.3 Å². The predicted octanol–water partition coefficient (Wildman–Crippen LogP) is 5.06. The van der Waals surface area contributed by atoms with Crippen molar-refractivity contribution in [2.45, 2.75) is 20.3 Å². The maximum atomic E-state index is 12.7. The van der Waals surface area contributed by atoms with E-state index < -0.39 is 0 Å². The van der Waals surface area contributed by atoms with Crippen LogP contribution in [0.5, 0.6) is 0 Å². The van der Waals surface area contributed by atoms with Crippen LogP contribution in [0.1, 0.15) is 38.8 Å². The van der Waals surface area contributed by atoms with Crippen LogP contribution in [0.3, 0.4) is 0 Å². The van der Waals surface area contributed by atoms with Gasteiger partial charge in [-0.15, -0.1) is 0 Å². The molecule has 2 amide bonds. The van der Waals surface area contributed by atoms with E-state index in [1.54, 1.807) is 36.4 Å². The SMILES string of the molecule is CCc1ccc(C(=O)Nc2ccccc2C(=O)Nc2cccc(C)c2)cc1. The second kappa shape index (κ2) is 8.32. The third-order valence-corrected chi connectivity index (χ3v) is 4.32. The third kappa shape index (κ3) is 4.61. The Hall–Kier alpha value is -3.40. The minimum absolute atomic E-state index is 0.242. The van der Waals surface area contributed by atoms with E-state index in [9.17, 15) is 9.59 Å². The molecule has 0 aliphatic carbocycles. The Kier molecular flexibility index (Phi) is 5.67. The van der Waals surface area contributed by atoms with Gasteiger partial charge in [-0.25, -0.2) is 0 Å². The molecule has 0 saturated carbocycles. The first-order valence-corrected chi connectivity index (χ1v) is 8.94. The molecule has 0 radical (unpaired) electrons. The summed E-state index contributed by atoms with van der Waals surface area (Å²) in [6.07, 6.45) is 0.920. The first-order chi connectivity index (χ1) is 13.1. The van der Waals surface area contributed by atoms with E-state index in [-0.39, 0.29) is 11.8 Å². The van der Waals surface area contributed by atoms with Crippen molar-refractivity contribution in [2.75, 3.05) is 10.6 Å². The lowest BCUT2D eigenvalue weighted by molar-refractivity contribution is 0.102. The Morgan fingerprint density at radius 2 is 1.56 bits per heavy atom. The summed E-state index contributed by atoms with van der Waals surface area (Å²) in [6.45, 7) is 4.03. The summed E-state index contributed by atoms with van der Waals surface area (Å²) < 4.78 is 0. The molecule has 4 heteroatoms. The lowest BCUT2D eigenvalue weighted by Crippen LogP contribution is -2.18. The van der Waals surface area contributed by atoms with Crippen molar-refractivity contribution in [1.29, 1.82) is 0 Å². The number of hydrogen-bond donors (Lipinski definition) is 2. The lowest BCUT2D eigenvalue weighted by atomic mass is 10.1. The van der Waals surface area contributed by atoms with Gasteiger partial charge in [-0.1, -0.05) is 43.3 Å². The van der Waals surface area contributed by atoms with Gasteiger partial charge in [0.1, 0.15) is 0 Å². The Balaban J connectivity index is 1.78. The van der Waals surface area contributed by atoms with Gasteiger partial charge in [-0.05, 0) is 60.9 Å². The fourth-order valence-corrected chi connectivity index (χ4v) is 2.80. The van der Waals surface area contributed by atoms with E-state index in [1.165, 1.54) is 5.56 Å². The van der Waals surface area contributed by atoms with Crippen LogP contribution in [0, 0.1) is 6.92 Å². The quantitative estimate of drug-likeness (QED) is 0.669. The number of anilines is 2. The topological polar surface area (TPSA) is 58.2 Å². The van der Waals surface area contributed by atoms with Crippen molar-refractivity contribution < 1.29 is 9.59 Å². The molecular formula is C23H22N2O2. The smallest absolute Gasteiger partial charge is 0.257 e. The van der Waals surface area contributed by atoms with E-state index in [0.29, 0.717) is 16.8 Å². The van der Waals surface area contributed by atoms with E-state index in [0.717, 1.165) is 17.7 Å². The summed E-state index contributed by atoms with van der Waals surface area (Å²) in [5.74, 6) is -0.508. The first-order valence-electron chi connectivity index (χ1n) is 8.94. The van der Waals surface area contributed by atoms with E-state index in [4.69, 9.17) is 0 Å². The van der Waals surface area contributed by atoms with Crippen molar-refractivity contribution in [2.24, 2.45) is 0 Å². The fraction of sp³-hybridized carbons (Fsp3) is 0.130. The van der Waals surface area contributed by atoms with E-state index in [1.807, 2.05) is 43.3 Å². The lowest BCUT2D eigenvalue weighted by Gasteiger charge is -2.12. The van der Waals surface area contributed by atoms with Crippen molar-refractivity contribution in [1.82, 2.24) is 0 Å². The zero-order valence-corrected chi connectivity index (χ0v) is 15.5. The van der Waals surface area contributed by atoms with Crippen molar-refractivity contribution in [3.8, 4) is 0 Å². The molecule has 2 N–H and O–H groups in total. The highest BCUT2D eigenvalue weighted by Gasteiger charge is 2.14. The Morgan fingerprint density at radius 3 is 2.26 bits per heavy atom. The number of hydrogen-bond acceptors (Lipinski definition) is 2. The van der Waals surface area contributed by atoms with Gasteiger partial charge in [0.25, 0.3) is 11.8 Å². The van der Waals surface area contributed by atoms with Gasteiger partial charge in [0.15, 0.2) is 0 Å². The summed E-state index contributed by atoms with van der Waals surface area (Å²) in [5.41, 5.74) is 4.40. The number of benzene rings is 3. The fourth-order valence-electron chi connectivity index (χ4n) is 2.80. The zero-order chi connectivity index (χ0) is 19.2. The second-order valence-electron chi connectivity index (χ2n) is 6.37. The van der Waals surface area contributed by atoms with Crippen LogP contribution in [0.15, 0.2) is 72.8 Å². The molecule has 3 aromatic rings. The Bertz CT molecular complexity index is 962. The van der Waals surface area contributed by atoms with Gasteiger partial charge < -0.3 is 10.6 Å². The van der Waals surface area contributed by atoms with Crippen LogP contribution in [0.25, 0.3) is 0 Å². The van der Waals surface area contributed by atoms with Gasteiger partial charge in [0.05, 0.1) is 11.3 Å². The van der Waals surface area contributed by atoms with Crippen LogP contribution < -0.4 is 10.6 Å². The molecule has 0 saturated heterocycles. The van der Waals surface area contributed by atoms with Gasteiger partial charge in [-0.3, -0.25) is 9.59 Å². The predicted molar refractivity (Wildman–Crippen MR) is 109 cm³/mol. The van der Waals surface area contributed by atoms with E-state index >= 15 is 0 Å². The molecule has 0 bridgehead atoms. The molecule has 0 heterocycles. The largest absolute Gasteiger partial charge is 0.322 e.